The lowest BCUT2D eigenvalue weighted by Crippen LogP contribution is -2.49. The van der Waals surface area contributed by atoms with Gasteiger partial charge in [-0.3, -0.25) is 4.90 Å². The highest BCUT2D eigenvalue weighted by molar-refractivity contribution is 5.74. The summed E-state index contributed by atoms with van der Waals surface area (Å²) in [6.07, 6.45) is 5.68. The third-order valence-corrected chi connectivity index (χ3v) is 5.06. The van der Waals surface area contributed by atoms with Crippen LogP contribution in [0.3, 0.4) is 0 Å². The van der Waals surface area contributed by atoms with Gasteiger partial charge in [0, 0.05) is 12.0 Å². The molecule has 0 spiro atoms. The van der Waals surface area contributed by atoms with Gasteiger partial charge < -0.3 is 9.47 Å². The molecule has 3 unspecified atom stereocenters. The molecular formula is C19H27NO3. The highest BCUT2D eigenvalue weighted by Crippen LogP contribution is 2.31. The number of benzene rings is 1. The molecule has 0 aromatic heterocycles. The quantitative estimate of drug-likeness (QED) is 0.781. The van der Waals surface area contributed by atoms with E-state index in [1.54, 1.807) is 6.92 Å². The SMILES string of the molecule is CC(Oc1ccccc1)C(=O)OCC1CCCN2CCCCC12. The smallest absolute Gasteiger partial charge is 0.347 e. The Balaban J connectivity index is 1.48. The Hall–Kier alpha value is -1.55. The van der Waals surface area contributed by atoms with E-state index in [1.165, 1.54) is 45.2 Å². The van der Waals surface area contributed by atoms with Crippen molar-refractivity contribution in [3.63, 3.8) is 0 Å². The molecule has 0 aliphatic carbocycles. The van der Waals surface area contributed by atoms with E-state index < -0.39 is 6.10 Å². The fourth-order valence-electron chi connectivity index (χ4n) is 3.83. The van der Waals surface area contributed by atoms with Crippen molar-refractivity contribution in [1.82, 2.24) is 4.90 Å². The molecule has 4 heteroatoms. The van der Waals surface area contributed by atoms with Gasteiger partial charge in [0.1, 0.15) is 5.75 Å². The number of hydrogen-bond acceptors (Lipinski definition) is 4. The van der Waals surface area contributed by atoms with Crippen molar-refractivity contribution in [2.45, 2.75) is 51.2 Å². The van der Waals surface area contributed by atoms with Gasteiger partial charge in [-0.05, 0) is 57.8 Å². The number of piperidine rings is 2. The zero-order valence-electron chi connectivity index (χ0n) is 13.9. The number of hydrogen-bond donors (Lipinski definition) is 0. The summed E-state index contributed by atoms with van der Waals surface area (Å²) in [5.74, 6) is 0.923. The van der Waals surface area contributed by atoms with E-state index in [9.17, 15) is 4.79 Å². The van der Waals surface area contributed by atoms with Crippen molar-refractivity contribution in [2.75, 3.05) is 19.7 Å². The molecule has 2 aliphatic rings. The number of esters is 1. The summed E-state index contributed by atoms with van der Waals surface area (Å²) in [6.45, 7) is 4.71. The maximum atomic E-state index is 12.2. The molecule has 0 N–H and O–H groups in total. The lowest BCUT2D eigenvalue weighted by atomic mass is 9.84. The van der Waals surface area contributed by atoms with Crippen LogP contribution >= 0.6 is 0 Å². The summed E-state index contributed by atoms with van der Waals surface area (Å²) in [5, 5.41) is 0. The van der Waals surface area contributed by atoms with Gasteiger partial charge in [0.2, 0.25) is 0 Å². The van der Waals surface area contributed by atoms with E-state index in [2.05, 4.69) is 4.90 Å². The Morgan fingerprint density at radius 1 is 1.17 bits per heavy atom. The molecule has 4 nitrogen and oxygen atoms in total. The topological polar surface area (TPSA) is 38.8 Å². The van der Waals surface area contributed by atoms with Gasteiger partial charge >= 0.3 is 5.97 Å². The Labute approximate surface area is 138 Å². The molecule has 0 radical (unpaired) electrons. The molecule has 3 rings (SSSR count). The predicted molar refractivity (Wildman–Crippen MR) is 89.4 cm³/mol. The van der Waals surface area contributed by atoms with Crippen LogP contribution in [0, 0.1) is 5.92 Å². The standard InChI is InChI=1S/C19H27NO3/c1-15(23-17-9-3-2-4-10-17)19(21)22-14-16-8-7-13-20-12-6-5-11-18(16)20/h2-4,9-10,15-16,18H,5-8,11-14H2,1H3. The monoisotopic (exact) mass is 317 g/mol. The lowest BCUT2D eigenvalue weighted by molar-refractivity contribution is -0.154. The largest absolute Gasteiger partial charge is 0.479 e. The molecule has 3 atom stereocenters. The fourth-order valence-corrected chi connectivity index (χ4v) is 3.83. The molecule has 1 aromatic rings. The van der Waals surface area contributed by atoms with Gasteiger partial charge in [-0.1, -0.05) is 24.6 Å². The highest BCUT2D eigenvalue weighted by Gasteiger charge is 2.34. The van der Waals surface area contributed by atoms with E-state index in [4.69, 9.17) is 9.47 Å². The summed E-state index contributed by atoms with van der Waals surface area (Å²) >= 11 is 0. The van der Waals surface area contributed by atoms with Crippen LogP contribution in [-0.2, 0) is 9.53 Å². The Kier molecular flexibility index (Phi) is 5.55. The summed E-state index contributed by atoms with van der Waals surface area (Å²) in [7, 11) is 0. The van der Waals surface area contributed by atoms with Gasteiger partial charge in [0.25, 0.3) is 0 Å². The second-order valence-corrected chi connectivity index (χ2v) is 6.70. The molecule has 2 saturated heterocycles. The zero-order chi connectivity index (χ0) is 16.1. The van der Waals surface area contributed by atoms with E-state index in [0.29, 0.717) is 24.3 Å². The van der Waals surface area contributed by atoms with Gasteiger partial charge in [0.15, 0.2) is 6.10 Å². The average molecular weight is 317 g/mol. The van der Waals surface area contributed by atoms with Crippen LogP contribution in [0.1, 0.15) is 39.0 Å². The Morgan fingerprint density at radius 2 is 1.96 bits per heavy atom. The number of nitrogens with zero attached hydrogens (tertiary/aromatic N) is 1. The van der Waals surface area contributed by atoms with Crippen LogP contribution in [0.25, 0.3) is 0 Å². The molecule has 2 fully saturated rings. The van der Waals surface area contributed by atoms with Gasteiger partial charge in [-0.25, -0.2) is 4.79 Å². The normalized spacial score (nSPS) is 26.1. The number of para-hydroxylation sites is 1. The number of rotatable bonds is 5. The third-order valence-electron chi connectivity index (χ3n) is 5.06. The molecule has 0 amide bonds. The highest BCUT2D eigenvalue weighted by atomic mass is 16.6. The van der Waals surface area contributed by atoms with Crippen LogP contribution in [-0.4, -0.2) is 42.7 Å². The average Bonchev–Trinajstić information content (AvgIpc) is 2.60. The van der Waals surface area contributed by atoms with E-state index in [1.807, 2.05) is 30.3 Å². The van der Waals surface area contributed by atoms with Gasteiger partial charge in [-0.2, -0.15) is 0 Å². The van der Waals surface area contributed by atoms with E-state index in [-0.39, 0.29) is 5.97 Å². The van der Waals surface area contributed by atoms with Crippen molar-refractivity contribution in [3.8, 4) is 5.75 Å². The van der Waals surface area contributed by atoms with Crippen molar-refractivity contribution in [1.29, 1.82) is 0 Å². The molecule has 1 aromatic carbocycles. The predicted octanol–water partition coefficient (Wildman–Crippen LogP) is 3.26. The van der Waals surface area contributed by atoms with Gasteiger partial charge in [0.05, 0.1) is 6.61 Å². The second kappa shape index (κ2) is 7.82. The van der Waals surface area contributed by atoms with E-state index in [0.717, 1.165) is 0 Å². The first-order valence-corrected chi connectivity index (χ1v) is 8.86. The summed E-state index contributed by atoms with van der Waals surface area (Å²) < 4.78 is 11.2. The third kappa shape index (κ3) is 4.25. The maximum Gasteiger partial charge on any atom is 0.347 e. The van der Waals surface area contributed by atoms with Crippen LogP contribution in [0.2, 0.25) is 0 Å². The summed E-state index contributed by atoms with van der Waals surface area (Å²) in [4.78, 5) is 14.8. The molecular weight excluding hydrogens is 290 g/mol. The first-order valence-electron chi connectivity index (χ1n) is 8.86. The van der Waals surface area contributed by atoms with Crippen molar-refractivity contribution < 1.29 is 14.3 Å². The first-order chi connectivity index (χ1) is 11.2. The maximum absolute atomic E-state index is 12.2. The van der Waals surface area contributed by atoms with Crippen LogP contribution in [0.4, 0.5) is 0 Å². The fraction of sp³-hybridized carbons (Fsp3) is 0.632. The molecule has 2 heterocycles. The zero-order valence-corrected chi connectivity index (χ0v) is 13.9. The van der Waals surface area contributed by atoms with Crippen LogP contribution in [0.5, 0.6) is 5.75 Å². The molecule has 23 heavy (non-hydrogen) atoms. The van der Waals surface area contributed by atoms with Crippen LogP contribution < -0.4 is 4.74 Å². The van der Waals surface area contributed by atoms with Crippen molar-refractivity contribution >= 4 is 5.97 Å². The molecule has 0 bridgehead atoms. The summed E-state index contributed by atoms with van der Waals surface area (Å²) in [5.41, 5.74) is 0. The minimum Gasteiger partial charge on any atom is -0.479 e. The van der Waals surface area contributed by atoms with Crippen molar-refractivity contribution in [2.24, 2.45) is 5.92 Å². The minimum atomic E-state index is -0.566. The first kappa shape index (κ1) is 16.3. The van der Waals surface area contributed by atoms with Gasteiger partial charge in [-0.15, -0.1) is 0 Å². The number of carbonyl (C=O) groups is 1. The van der Waals surface area contributed by atoms with E-state index >= 15 is 0 Å². The summed E-state index contributed by atoms with van der Waals surface area (Å²) in [6, 6.07) is 10.0. The Morgan fingerprint density at radius 3 is 2.78 bits per heavy atom. The Bertz CT molecular complexity index is 503. The number of fused-ring (bicyclic) bond motifs is 1. The molecule has 126 valence electrons. The number of carbonyl (C=O) groups excluding carboxylic acids is 1. The molecule has 2 aliphatic heterocycles. The van der Waals surface area contributed by atoms with Crippen LogP contribution in [0.15, 0.2) is 30.3 Å². The number of ether oxygens (including phenoxy) is 2. The lowest BCUT2D eigenvalue weighted by Gasteiger charge is -2.44. The second-order valence-electron chi connectivity index (χ2n) is 6.70. The minimum absolute atomic E-state index is 0.262. The molecule has 0 saturated carbocycles. The van der Waals surface area contributed by atoms with Crippen molar-refractivity contribution in [3.05, 3.63) is 30.3 Å².